The first-order valence-corrected chi connectivity index (χ1v) is 6.61. The van der Waals surface area contributed by atoms with E-state index in [4.69, 9.17) is 5.73 Å². The first-order chi connectivity index (χ1) is 8.72. The van der Waals surface area contributed by atoms with Crippen LogP contribution in [-0.2, 0) is 6.54 Å². The van der Waals surface area contributed by atoms with Crippen molar-refractivity contribution < 1.29 is 4.79 Å². The van der Waals surface area contributed by atoms with Gasteiger partial charge in [0.05, 0.1) is 11.7 Å². The van der Waals surface area contributed by atoms with Crippen LogP contribution in [0.15, 0.2) is 36.0 Å². The summed E-state index contributed by atoms with van der Waals surface area (Å²) < 4.78 is 0. The third-order valence-corrected chi connectivity index (χ3v) is 3.49. The van der Waals surface area contributed by atoms with Crippen molar-refractivity contribution in [3.8, 4) is 0 Å². The Hall–Kier alpha value is -1.88. The SMILES string of the molecule is CCN(Cc1ccccc1N)C(=O)c1cncs1. The molecule has 0 bridgehead atoms. The molecule has 2 aromatic rings. The van der Waals surface area contributed by atoms with E-state index in [1.807, 2.05) is 31.2 Å². The van der Waals surface area contributed by atoms with E-state index in [9.17, 15) is 4.79 Å². The van der Waals surface area contributed by atoms with Gasteiger partial charge in [0.2, 0.25) is 0 Å². The summed E-state index contributed by atoms with van der Waals surface area (Å²) in [6.45, 7) is 3.13. The fourth-order valence-electron chi connectivity index (χ4n) is 1.69. The predicted molar refractivity (Wildman–Crippen MR) is 73.4 cm³/mol. The number of thiazole rings is 1. The lowest BCUT2D eigenvalue weighted by Gasteiger charge is -2.20. The van der Waals surface area contributed by atoms with E-state index in [1.54, 1.807) is 16.6 Å². The summed E-state index contributed by atoms with van der Waals surface area (Å²) in [6.07, 6.45) is 1.60. The number of benzene rings is 1. The summed E-state index contributed by atoms with van der Waals surface area (Å²) in [5.41, 5.74) is 9.24. The van der Waals surface area contributed by atoms with Crippen LogP contribution in [0, 0.1) is 0 Å². The lowest BCUT2D eigenvalue weighted by Crippen LogP contribution is -2.30. The van der Waals surface area contributed by atoms with Gasteiger partial charge in [-0.2, -0.15) is 0 Å². The number of nitrogens with two attached hydrogens (primary N) is 1. The summed E-state index contributed by atoms with van der Waals surface area (Å²) in [4.78, 5) is 18.6. The Morgan fingerprint density at radius 1 is 1.44 bits per heavy atom. The Bertz CT molecular complexity index is 525. The Labute approximate surface area is 110 Å². The highest BCUT2D eigenvalue weighted by molar-refractivity contribution is 7.11. The molecule has 18 heavy (non-hydrogen) atoms. The van der Waals surface area contributed by atoms with Crippen molar-refractivity contribution in [2.24, 2.45) is 0 Å². The van der Waals surface area contributed by atoms with Gasteiger partial charge in [-0.1, -0.05) is 18.2 Å². The molecule has 2 N–H and O–H groups in total. The standard InChI is InChI=1S/C13H15N3OS/c1-2-16(13(17)12-7-15-9-18-12)8-10-5-3-4-6-11(10)14/h3-7,9H,2,8,14H2,1H3. The van der Waals surface area contributed by atoms with Crippen LogP contribution in [-0.4, -0.2) is 22.3 Å². The summed E-state index contributed by atoms with van der Waals surface area (Å²) in [5.74, 6) is 0.00301. The van der Waals surface area contributed by atoms with Crippen LogP contribution in [0.2, 0.25) is 0 Å². The number of nitrogens with zero attached hydrogens (tertiary/aromatic N) is 2. The molecule has 0 aliphatic rings. The van der Waals surface area contributed by atoms with Crippen molar-refractivity contribution in [1.82, 2.24) is 9.88 Å². The molecule has 0 spiro atoms. The molecule has 4 nitrogen and oxygen atoms in total. The second-order valence-electron chi connectivity index (χ2n) is 3.88. The predicted octanol–water partition coefficient (Wildman–Crippen LogP) is 2.39. The maximum absolute atomic E-state index is 12.2. The molecule has 1 amide bonds. The summed E-state index contributed by atoms with van der Waals surface area (Å²) in [6, 6.07) is 7.61. The fraction of sp³-hybridized carbons (Fsp3) is 0.231. The maximum Gasteiger partial charge on any atom is 0.265 e. The second kappa shape index (κ2) is 5.64. The molecule has 1 aromatic carbocycles. The molecular formula is C13H15N3OS. The smallest absolute Gasteiger partial charge is 0.265 e. The minimum Gasteiger partial charge on any atom is -0.398 e. The Morgan fingerprint density at radius 3 is 2.83 bits per heavy atom. The Kier molecular flexibility index (Phi) is 3.94. The highest BCUT2D eigenvalue weighted by Gasteiger charge is 2.16. The van der Waals surface area contributed by atoms with Gasteiger partial charge in [0.15, 0.2) is 0 Å². The summed E-state index contributed by atoms with van der Waals surface area (Å²) in [5, 5.41) is 0. The zero-order valence-corrected chi connectivity index (χ0v) is 11.0. The molecule has 0 saturated heterocycles. The molecular weight excluding hydrogens is 246 g/mol. The number of hydrogen-bond donors (Lipinski definition) is 1. The van der Waals surface area contributed by atoms with E-state index < -0.39 is 0 Å². The number of aromatic nitrogens is 1. The van der Waals surface area contributed by atoms with Crippen LogP contribution in [0.5, 0.6) is 0 Å². The largest absolute Gasteiger partial charge is 0.398 e. The van der Waals surface area contributed by atoms with E-state index in [1.165, 1.54) is 11.3 Å². The highest BCUT2D eigenvalue weighted by Crippen LogP contribution is 2.16. The molecule has 5 heteroatoms. The average molecular weight is 261 g/mol. The van der Waals surface area contributed by atoms with Gasteiger partial charge in [0.25, 0.3) is 5.91 Å². The Morgan fingerprint density at radius 2 is 2.22 bits per heavy atom. The average Bonchev–Trinajstić information content (AvgIpc) is 2.91. The third kappa shape index (κ3) is 2.68. The highest BCUT2D eigenvalue weighted by atomic mass is 32.1. The normalized spacial score (nSPS) is 10.3. The molecule has 94 valence electrons. The molecule has 1 aromatic heterocycles. The van der Waals surface area contributed by atoms with Crippen molar-refractivity contribution in [2.45, 2.75) is 13.5 Å². The van der Waals surface area contributed by atoms with Gasteiger partial charge in [-0.15, -0.1) is 11.3 Å². The monoisotopic (exact) mass is 261 g/mol. The van der Waals surface area contributed by atoms with Crippen LogP contribution < -0.4 is 5.73 Å². The Balaban J connectivity index is 2.15. The number of amides is 1. The van der Waals surface area contributed by atoms with Crippen molar-refractivity contribution in [3.05, 3.63) is 46.4 Å². The van der Waals surface area contributed by atoms with E-state index in [0.29, 0.717) is 23.7 Å². The van der Waals surface area contributed by atoms with E-state index in [-0.39, 0.29) is 5.91 Å². The molecule has 1 heterocycles. The number of carbonyl (C=O) groups is 1. The van der Waals surface area contributed by atoms with Crippen molar-refractivity contribution >= 4 is 22.9 Å². The minimum atomic E-state index is 0.00301. The molecule has 0 saturated carbocycles. The fourth-order valence-corrected chi connectivity index (χ4v) is 2.28. The zero-order valence-electron chi connectivity index (χ0n) is 10.2. The number of anilines is 1. The number of carbonyl (C=O) groups excluding carboxylic acids is 1. The zero-order chi connectivity index (χ0) is 13.0. The quantitative estimate of drug-likeness (QED) is 0.860. The maximum atomic E-state index is 12.2. The van der Waals surface area contributed by atoms with Gasteiger partial charge >= 0.3 is 0 Å². The van der Waals surface area contributed by atoms with Crippen molar-refractivity contribution in [3.63, 3.8) is 0 Å². The van der Waals surface area contributed by atoms with E-state index in [2.05, 4.69) is 4.98 Å². The van der Waals surface area contributed by atoms with E-state index in [0.717, 1.165) is 5.56 Å². The molecule has 0 unspecified atom stereocenters. The lowest BCUT2D eigenvalue weighted by molar-refractivity contribution is 0.0757. The molecule has 2 rings (SSSR count). The van der Waals surface area contributed by atoms with Gasteiger partial charge < -0.3 is 10.6 Å². The number of hydrogen-bond acceptors (Lipinski definition) is 4. The van der Waals surface area contributed by atoms with Gasteiger partial charge in [-0.25, -0.2) is 0 Å². The third-order valence-electron chi connectivity index (χ3n) is 2.73. The number of para-hydroxylation sites is 1. The van der Waals surface area contributed by atoms with Gasteiger partial charge in [0, 0.05) is 18.8 Å². The summed E-state index contributed by atoms with van der Waals surface area (Å²) >= 11 is 1.36. The van der Waals surface area contributed by atoms with Crippen molar-refractivity contribution in [1.29, 1.82) is 0 Å². The van der Waals surface area contributed by atoms with Crippen LogP contribution in [0.3, 0.4) is 0 Å². The van der Waals surface area contributed by atoms with Crippen molar-refractivity contribution in [2.75, 3.05) is 12.3 Å². The molecule has 0 atom stereocenters. The summed E-state index contributed by atoms with van der Waals surface area (Å²) in [7, 11) is 0. The molecule has 0 radical (unpaired) electrons. The number of rotatable bonds is 4. The van der Waals surface area contributed by atoms with Crippen LogP contribution >= 0.6 is 11.3 Å². The van der Waals surface area contributed by atoms with E-state index >= 15 is 0 Å². The molecule has 0 aliphatic carbocycles. The van der Waals surface area contributed by atoms with Crippen LogP contribution in [0.4, 0.5) is 5.69 Å². The van der Waals surface area contributed by atoms with Gasteiger partial charge in [-0.05, 0) is 18.6 Å². The second-order valence-corrected chi connectivity index (χ2v) is 4.77. The van der Waals surface area contributed by atoms with Crippen LogP contribution in [0.25, 0.3) is 0 Å². The number of nitrogen functional groups attached to an aromatic ring is 1. The molecule has 0 aliphatic heterocycles. The topological polar surface area (TPSA) is 59.2 Å². The minimum absolute atomic E-state index is 0.00301. The van der Waals surface area contributed by atoms with Crippen LogP contribution in [0.1, 0.15) is 22.2 Å². The lowest BCUT2D eigenvalue weighted by atomic mass is 10.1. The molecule has 0 fully saturated rings. The van der Waals surface area contributed by atoms with Gasteiger partial charge in [-0.3, -0.25) is 9.78 Å². The first-order valence-electron chi connectivity index (χ1n) is 5.73. The first kappa shape index (κ1) is 12.6. The van der Waals surface area contributed by atoms with Gasteiger partial charge in [0.1, 0.15) is 4.88 Å².